The number of hydrogen-bond acceptors (Lipinski definition) is 2. The number of aryl methyl sites for hydroxylation is 2. The summed E-state index contributed by atoms with van der Waals surface area (Å²) in [6, 6.07) is 12.4. The van der Waals surface area contributed by atoms with Crippen molar-refractivity contribution >= 4 is 0 Å². The van der Waals surface area contributed by atoms with Crippen LogP contribution in [0.5, 0.6) is 0 Å². The summed E-state index contributed by atoms with van der Waals surface area (Å²) in [5.41, 5.74) is 0.00736. The molecule has 0 spiro atoms. The van der Waals surface area contributed by atoms with Gasteiger partial charge in [0.15, 0.2) is 0 Å². The molecule has 2 aromatic heterocycles. The van der Waals surface area contributed by atoms with Gasteiger partial charge in [0.05, 0.1) is 5.56 Å². The topological polar surface area (TPSA) is 26.3 Å². The monoisotopic (exact) mass is 320 g/mol. The Morgan fingerprint density at radius 1 is 0.739 bits per heavy atom. The van der Waals surface area contributed by atoms with E-state index in [1.807, 2.05) is 38.1 Å². The minimum absolute atomic E-state index is 0.375. The van der Waals surface area contributed by atoms with Crippen molar-refractivity contribution in [3.63, 3.8) is 0 Å². The van der Waals surface area contributed by atoms with Gasteiger partial charge in [0, 0.05) is 0 Å². The molecule has 0 aliphatic carbocycles. The van der Waals surface area contributed by atoms with E-state index in [0.717, 1.165) is 23.7 Å². The summed E-state index contributed by atoms with van der Waals surface area (Å²) in [4.78, 5) is 0. The predicted octanol–water partition coefficient (Wildman–Crippen LogP) is 5.69. The van der Waals surface area contributed by atoms with Gasteiger partial charge in [0.25, 0.3) is 0 Å². The van der Waals surface area contributed by atoms with Crippen molar-refractivity contribution in [1.82, 2.24) is 0 Å². The van der Waals surface area contributed by atoms with Gasteiger partial charge in [-0.25, -0.2) is 0 Å². The van der Waals surface area contributed by atoms with Crippen molar-refractivity contribution in [3.05, 3.63) is 82.7 Å². The van der Waals surface area contributed by atoms with Gasteiger partial charge in [0.2, 0.25) is 0 Å². The second-order valence-corrected chi connectivity index (χ2v) is 5.45. The molecule has 0 fully saturated rings. The highest BCUT2D eigenvalue weighted by molar-refractivity contribution is 5.38. The molecular weight excluding hydrogens is 305 g/mol. The Labute approximate surface area is 131 Å². The fourth-order valence-corrected chi connectivity index (χ4v) is 2.55. The normalized spacial score (nSPS) is 12.1. The summed E-state index contributed by atoms with van der Waals surface area (Å²) >= 11 is 0. The first-order chi connectivity index (χ1) is 10.8. The largest absolute Gasteiger partial charge is 0.465 e. The van der Waals surface area contributed by atoms with Crippen molar-refractivity contribution in [1.29, 1.82) is 0 Å². The first-order valence-electron chi connectivity index (χ1n) is 7.14. The zero-order valence-electron chi connectivity index (χ0n) is 12.6. The molecule has 0 unspecified atom stereocenters. The molecule has 2 nitrogen and oxygen atoms in total. The predicted molar refractivity (Wildman–Crippen MR) is 79.3 cm³/mol. The molecule has 1 aromatic carbocycles. The molecule has 0 bridgehead atoms. The molecule has 2 heterocycles. The Hall–Kier alpha value is -2.43. The molecule has 120 valence electrons. The molecule has 0 N–H and O–H groups in total. The lowest BCUT2D eigenvalue weighted by molar-refractivity contribution is -0.137. The van der Waals surface area contributed by atoms with Gasteiger partial charge in [-0.3, -0.25) is 0 Å². The third-order valence-corrected chi connectivity index (χ3v) is 3.66. The van der Waals surface area contributed by atoms with Crippen molar-refractivity contribution in [2.75, 3.05) is 0 Å². The van der Waals surface area contributed by atoms with Gasteiger partial charge in [-0.1, -0.05) is 12.1 Å². The second kappa shape index (κ2) is 5.65. The third kappa shape index (κ3) is 3.18. The maximum Gasteiger partial charge on any atom is 0.416 e. The Kier molecular flexibility index (Phi) is 3.80. The van der Waals surface area contributed by atoms with Gasteiger partial charge >= 0.3 is 6.18 Å². The van der Waals surface area contributed by atoms with E-state index >= 15 is 0 Å². The summed E-state index contributed by atoms with van der Waals surface area (Å²) in [7, 11) is 0. The van der Waals surface area contributed by atoms with Crippen LogP contribution in [0.15, 0.2) is 57.4 Å². The number of hydrogen-bond donors (Lipinski definition) is 0. The average Bonchev–Trinajstić information content (AvgIpc) is 3.08. The average molecular weight is 320 g/mol. The first kappa shape index (κ1) is 15.5. The van der Waals surface area contributed by atoms with Crippen LogP contribution in [0.3, 0.4) is 0 Å². The van der Waals surface area contributed by atoms with E-state index in [4.69, 9.17) is 8.83 Å². The third-order valence-electron chi connectivity index (χ3n) is 3.66. The molecule has 0 saturated carbocycles. The van der Waals surface area contributed by atoms with E-state index in [-0.39, 0.29) is 5.92 Å². The summed E-state index contributed by atoms with van der Waals surface area (Å²) in [5.74, 6) is 2.37. The van der Waals surface area contributed by atoms with E-state index in [0.29, 0.717) is 17.1 Å². The quantitative estimate of drug-likeness (QED) is 0.620. The van der Waals surface area contributed by atoms with E-state index in [9.17, 15) is 13.2 Å². The maximum absolute atomic E-state index is 12.7. The molecule has 23 heavy (non-hydrogen) atoms. The van der Waals surface area contributed by atoms with Gasteiger partial charge < -0.3 is 8.83 Å². The lowest BCUT2D eigenvalue weighted by atomic mass is 9.93. The van der Waals surface area contributed by atoms with E-state index in [2.05, 4.69) is 0 Å². The summed E-state index contributed by atoms with van der Waals surface area (Å²) in [6.45, 7) is 3.64. The second-order valence-electron chi connectivity index (χ2n) is 5.45. The van der Waals surface area contributed by atoms with E-state index in [1.165, 1.54) is 12.1 Å². The van der Waals surface area contributed by atoms with Crippen LogP contribution in [-0.2, 0) is 6.18 Å². The molecule has 0 atom stereocenters. The zero-order valence-corrected chi connectivity index (χ0v) is 12.6. The minimum Gasteiger partial charge on any atom is -0.465 e. The van der Waals surface area contributed by atoms with Crippen molar-refractivity contribution in [3.8, 4) is 0 Å². The van der Waals surface area contributed by atoms with Crippen LogP contribution in [0.4, 0.5) is 13.2 Å². The Morgan fingerprint density at radius 2 is 1.22 bits per heavy atom. The highest BCUT2D eigenvalue weighted by Crippen LogP contribution is 2.36. The van der Waals surface area contributed by atoms with Crippen molar-refractivity contribution < 1.29 is 22.0 Å². The van der Waals surface area contributed by atoms with Gasteiger partial charge in [-0.2, -0.15) is 13.2 Å². The van der Waals surface area contributed by atoms with Gasteiger partial charge in [-0.15, -0.1) is 0 Å². The Morgan fingerprint density at radius 3 is 1.57 bits per heavy atom. The highest BCUT2D eigenvalue weighted by atomic mass is 19.4. The molecule has 0 aliphatic heterocycles. The molecule has 3 rings (SSSR count). The molecule has 0 amide bonds. The maximum atomic E-state index is 12.7. The lowest BCUT2D eigenvalue weighted by Crippen LogP contribution is -2.06. The fraction of sp³-hybridized carbons (Fsp3) is 0.222. The van der Waals surface area contributed by atoms with Crippen LogP contribution in [0.2, 0.25) is 0 Å². The SMILES string of the molecule is Cc1ccc(C(c2ccc(C(F)(F)F)cc2)c2ccc(C)o2)o1. The van der Waals surface area contributed by atoms with Crippen LogP contribution in [0, 0.1) is 13.8 Å². The molecule has 5 heteroatoms. The van der Waals surface area contributed by atoms with Gasteiger partial charge in [-0.05, 0) is 55.8 Å². The van der Waals surface area contributed by atoms with Crippen LogP contribution < -0.4 is 0 Å². The van der Waals surface area contributed by atoms with Crippen LogP contribution in [-0.4, -0.2) is 0 Å². The smallest absolute Gasteiger partial charge is 0.416 e. The zero-order chi connectivity index (χ0) is 16.6. The standard InChI is InChI=1S/C18H15F3O2/c1-11-3-9-15(22-11)17(16-10-4-12(2)23-16)13-5-7-14(8-6-13)18(19,20)21/h3-10,17H,1-2H3. The van der Waals surface area contributed by atoms with Crippen LogP contribution in [0.1, 0.15) is 40.1 Å². The summed E-state index contributed by atoms with van der Waals surface area (Å²) < 4.78 is 49.6. The molecule has 3 aromatic rings. The van der Waals surface area contributed by atoms with Crippen LogP contribution in [0.25, 0.3) is 0 Å². The van der Waals surface area contributed by atoms with E-state index in [1.54, 1.807) is 0 Å². The molecule has 0 radical (unpaired) electrons. The lowest BCUT2D eigenvalue weighted by Gasteiger charge is -2.14. The van der Waals surface area contributed by atoms with E-state index < -0.39 is 11.7 Å². The highest BCUT2D eigenvalue weighted by Gasteiger charge is 2.31. The molecule has 0 saturated heterocycles. The molecular formula is C18H15F3O2. The van der Waals surface area contributed by atoms with Crippen molar-refractivity contribution in [2.45, 2.75) is 25.9 Å². The molecule has 0 aliphatic rings. The fourth-order valence-electron chi connectivity index (χ4n) is 2.55. The Balaban J connectivity index is 2.05. The summed E-state index contributed by atoms with van der Waals surface area (Å²) in [6.07, 6.45) is -4.35. The number of benzene rings is 1. The van der Waals surface area contributed by atoms with Crippen molar-refractivity contribution in [2.24, 2.45) is 0 Å². The number of alkyl halides is 3. The number of halogens is 3. The summed E-state index contributed by atoms with van der Waals surface area (Å²) in [5, 5.41) is 0. The Bertz CT molecular complexity index is 754. The number of furan rings is 2. The minimum atomic E-state index is -4.35. The number of rotatable bonds is 3. The first-order valence-corrected chi connectivity index (χ1v) is 7.14. The van der Waals surface area contributed by atoms with Crippen LogP contribution >= 0.6 is 0 Å². The van der Waals surface area contributed by atoms with Gasteiger partial charge in [0.1, 0.15) is 29.0 Å².